The molecule has 0 radical (unpaired) electrons. The fourth-order valence-electron chi connectivity index (χ4n) is 3.74. The number of urea groups is 1. The first-order valence-corrected chi connectivity index (χ1v) is 10.4. The molecule has 152 valence electrons. The van der Waals surface area contributed by atoms with Crippen LogP contribution in [0.1, 0.15) is 36.0 Å². The molecular weight excluding hydrogens is 405 g/mol. The van der Waals surface area contributed by atoms with Crippen LogP contribution in [0.25, 0.3) is 10.6 Å². The monoisotopic (exact) mass is 423 g/mol. The van der Waals surface area contributed by atoms with Gasteiger partial charge in [-0.25, -0.2) is 9.18 Å². The van der Waals surface area contributed by atoms with Crippen molar-refractivity contribution in [2.45, 2.75) is 30.8 Å². The number of amides is 2. The summed E-state index contributed by atoms with van der Waals surface area (Å²) in [4.78, 5) is 17.3. The van der Waals surface area contributed by atoms with E-state index in [2.05, 4.69) is 36.0 Å². The number of azo groups is 1. The lowest BCUT2D eigenvalue weighted by Gasteiger charge is -2.41. The molecule has 8 nitrogen and oxygen atoms in total. The van der Waals surface area contributed by atoms with Gasteiger partial charge in [0.25, 0.3) is 0 Å². The van der Waals surface area contributed by atoms with Gasteiger partial charge in [-0.05, 0) is 49.2 Å². The predicted octanol–water partition coefficient (Wildman–Crippen LogP) is 4.45. The Hall–Kier alpha value is -3.27. The van der Waals surface area contributed by atoms with Gasteiger partial charge in [-0.2, -0.15) is 5.11 Å². The molecule has 1 saturated carbocycles. The number of nitrogens with one attached hydrogen (secondary N) is 2. The third-order valence-electron chi connectivity index (χ3n) is 5.52. The fourth-order valence-corrected chi connectivity index (χ4v) is 4.70. The number of hydrogen-bond donors (Lipinski definition) is 2. The zero-order valence-electron chi connectivity index (χ0n) is 15.9. The number of rotatable bonds is 6. The van der Waals surface area contributed by atoms with Gasteiger partial charge in [-0.3, -0.25) is 4.98 Å². The van der Waals surface area contributed by atoms with Crippen LogP contribution in [-0.2, 0) is 5.41 Å². The summed E-state index contributed by atoms with van der Waals surface area (Å²) in [7, 11) is 0. The van der Waals surface area contributed by atoms with Crippen molar-refractivity contribution in [3.8, 4) is 10.6 Å². The van der Waals surface area contributed by atoms with Gasteiger partial charge in [0.05, 0.1) is 15.4 Å². The van der Waals surface area contributed by atoms with Gasteiger partial charge in [0.1, 0.15) is 17.3 Å². The number of nitrogens with zero attached hydrogens (tertiary/aromatic N) is 5. The van der Waals surface area contributed by atoms with Crippen molar-refractivity contribution in [3.63, 3.8) is 0 Å². The smallest absolute Gasteiger partial charge is 0.361 e. The van der Waals surface area contributed by atoms with Gasteiger partial charge in [0, 0.05) is 18.2 Å². The second-order valence-electron chi connectivity index (χ2n) is 7.39. The molecule has 0 saturated heterocycles. The molecule has 1 unspecified atom stereocenters. The minimum atomic E-state index is -0.434. The van der Waals surface area contributed by atoms with Crippen molar-refractivity contribution in [2.75, 3.05) is 11.9 Å². The van der Waals surface area contributed by atoms with Crippen LogP contribution in [-0.4, -0.2) is 27.8 Å². The molecule has 5 rings (SSSR count). The second kappa shape index (κ2) is 7.52. The molecular formula is C20H18FN7OS. The van der Waals surface area contributed by atoms with Crippen molar-refractivity contribution < 1.29 is 9.18 Å². The van der Waals surface area contributed by atoms with E-state index in [4.69, 9.17) is 0 Å². The Labute approximate surface area is 175 Å². The van der Waals surface area contributed by atoms with Gasteiger partial charge in [0.15, 0.2) is 6.17 Å². The summed E-state index contributed by atoms with van der Waals surface area (Å²) < 4.78 is 14.3. The molecule has 30 heavy (non-hydrogen) atoms. The van der Waals surface area contributed by atoms with E-state index in [1.54, 1.807) is 12.3 Å². The Balaban J connectivity index is 1.27. The summed E-state index contributed by atoms with van der Waals surface area (Å²) in [6.07, 6.45) is 4.06. The second-order valence-corrected chi connectivity index (χ2v) is 8.51. The number of anilines is 1. The van der Waals surface area contributed by atoms with Crippen LogP contribution in [0.2, 0.25) is 0 Å². The maximum absolute atomic E-state index is 14.3. The summed E-state index contributed by atoms with van der Waals surface area (Å²) in [5, 5.41) is 21.9. The highest BCUT2D eigenvalue weighted by atomic mass is 32.1. The van der Waals surface area contributed by atoms with E-state index in [0.717, 1.165) is 34.7 Å². The largest absolute Gasteiger partial charge is 0.368 e. The minimum absolute atomic E-state index is 0.257. The Morgan fingerprint density at radius 3 is 2.77 bits per heavy atom. The molecule has 0 aromatic carbocycles. The average molecular weight is 423 g/mol. The van der Waals surface area contributed by atoms with Gasteiger partial charge in [-0.1, -0.05) is 11.5 Å². The normalized spacial score (nSPS) is 19.4. The molecule has 1 atom stereocenters. The van der Waals surface area contributed by atoms with Crippen molar-refractivity contribution in [1.29, 1.82) is 0 Å². The average Bonchev–Trinajstić information content (AvgIpc) is 3.38. The van der Waals surface area contributed by atoms with E-state index < -0.39 is 12.2 Å². The molecule has 0 bridgehead atoms. The Morgan fingerprint density at radius 2 is 2.10 bits per heavy atom. The van der Waals surface area contributed by atoms with Crippen LogP contribution in [0.5, 0.6) is 0 Å². The molecule has 4 heterocycles. The fraction of sp³-hybridized carbons (Fsp3) is 0.300. The third kappa shape index (κ3) is 3.43. The van der Waals surface area contributed by atoms with Crippen LogP contribution in [0.3, 0.4) is 0 Å². The van der Waals surface area contributed by atoms with Crippen LogP contribution in [0.4, 0.5) is 15.0 Å². The van der Waals surface area contributed by atoms with Crippen LogP contribution in [0, 0.1) is 5.82 Å². The Kier molecular flexibility index (Phi) is 4.70. The van der Waals surface area contributed by atoms with Gasteiger partial charge < -0.3 is 10.6 Å². The zero-order chi connectivity index (χ0) is 20.6. The standard InChI is InChI=1S/C20H18FN7OS/c21-12-3-1-10-22-17(12)20(8-2-9-20)11-23-16-7-4-13(25-26-16)14-5-6-15(30-14)18-24-19(29)28-27-18/h1,3-7,10,18H,2,8-9,11H2,(H,23,26)(H,24,29). The van der Waals surface area contributed by atoms with E-state index in [9.17, 15) is 9.18 Å². The number of aromatic nitrogens is 3. The van der Waals surface area contributed by atoms with E-state index in [1.807, 2.05) is 24.3 Å². The Bertz CT molecular complexity index is 1110. The molecule has 2 amide bonds. The number of carbonyl (C=O) groups is 1. The summed E-state index contributed by atoms with van der Waals surface area (Å²) in [6.45, 7) is 0.560. The molecule has 3 aromatic rings. The highest BCUT2D eigenvalue weighted by Crippen LogP contribution is 2.43. The lowest BCUT2D eigenvalue weighted by Crippen LogP contribution is -2.42. The topological polar surface area (TPSA) is 105 Å². The van der Waals surface area contributed by atoms with Crippen LogP contribution >= 0.6 is 11.3 Å². The van der Waals surface area contributed by atoms with Crippen LogP contribution in [0.15, 0.2) is 52.8 Å². The first-order chi connectivity index (χ1) is 14.6. The summed E-state index contributed by atoms with van der Waals surface area (Å²) in [5.74, 6) is 0.377. The van der Waals surface area contributed by atoms with Gasteiger partial charge in [0.2, 0.25) is 0 Å². The van der Waals surface area contributed by atoms with Gasteiger partial charge >= 0.3 is 6.03 Å². The lowest BCUT2D eigenvalue weighted by atomic mass is 9.66. The Morgan fingerprint density at radius 1 is 1.20 bits per heavy atom. The first-order valence-electron chi connectivity index (χ1n) is 9.63. The predicted molar refractivity (Wildman–Crippen MR) is 110 cm³/mol. The van der Waals surface area contributed by atoms with E-state index in [1.165, 1.54) is 17.4 Å². The molecule has 10 heteroatoms. The quantitative estimate of drug-likeness (QED) is 0.610. The molecule has 1 aliphatic carbocycles. The molecule has 2 aliphatic rings. The van der Waals surface area contributed by atoms with Crippen molar-refractivity contribution in [1.82, 2.24) is 20.5 Å². The van der Waals surface area contributed by atoms with Crippen molar-refractivity contribution in [2.24, 2.45) is 10.2 Å². The molecule has 1 fully saturated rings. The van der Waals surface area contributed by atoms with E-state index >= 15 is 0 Å². The number of thiophene rings is 1. The summed E-state index contributed by atoms with van der Waals surface area (Å²) in [6, 6.07) is 10.2. The number of hydrogen-bond acceptors (Lipinski definition) is 7. The maximum atomic E-state index is 14.3. The van der Waals surface area contributed by atoms with Crippen LogP contribution < -0.4 is 10.6 Å². The van der Waals surface area contributed by atoms with E-state index in [0.29, 0.717) is 18.1 Å². The SMILES string of the molecule is O=C1N=NC(c2ccc(-c3ccc(NCC4(c5ncccc5F)CCC4)nn3)s2)N1. The first kappa shape index (κ1) is 18.7. The highest BCUT2D eigenvalue weighted by Gasteiger charge is 2.41. The maximum Gasteiger partial charge on any atom is 0.361 e. The van der Waals surface area contributed by atoms with Crippen molar-refractivity contribution in [3.05, 3.63) is 59.0 Å². The number of carbonyl (C=O) groups excluding carboxylic acids is 1. The minimum Gasteiger partial charge on any atom is -0.368 e. The summed E-state index contributed by atoms with van der Waals surface area (Å²) in [5.41, 5.74) is 0.956. The number of halogens is 1. The molecule has 3 aromatic heterocycles. The van der Waals surface area contributed by atoms with Crippen molar-refractivity contribution >= 4 is 23.2 Å². The highest BCUT2D eigenvalue weighted by molar-refractivity contribution is 7.15. The number of pyridine rings is 1. The molecule has 0 spiro atoms. The molecule has 1 aliphatic heterocycles. The zero-order valence-corrected chi connectivity index (χ0v) is 16.7. The summed E-state index contributed by atoms with van der Waals surface area (Å²) >= 11 is 1.48. The lowest BCUT2D eigenvalue weighted by molar-refractivity contribution is 0.243. The van der Waals surface area contributed by atoms with E-state index in [-0.39, 0.29) is 11.2 Å². The third-order valence-corrected chi connectivity index (χ3v) is 6.68. The van der Waals surface area contributed by atoms with Gasteiger partial charge in [-0.15, -0.1) is 21.5 Å². The molecule has 2 N–H and O–H groups in total.